The first-order chi connectivity index (χ1) is 9.35. The number of carbonyl (C=O) groups is 1. The van der Waals surface area contributed by atoms with Crippen LogP contribution in [-0.2, 0) is 9.53 Å². The van der Waals surface area contributed by atoms with E-state index < -0.39 is 42.7 Å². The molecule has 5 atom stereocenters. The summed E-state index contributed by atoms with van der Waals surface area (Å²) in [6, 6.07) is -0.925. The molecular weight excluding hydrogens is 268 g/mol. The third-order valence-electron chi connectivity index (χ3n) is 3.55. The molecule has 0 aromatic carbocycles. The predicted octanol–water partition coefficient (Wildman–Crippen LogP) is -2.01. The van der Waals surface area contributed by atoms with Crippen molar-refractivity contribution in [3.63, 3.8) is 0 Å². The summed E-state index contributed by atoms with van der Waals surface area (Å²) in [4.78, 5) is 11.2. The minimum absolute atomic E-state index is 0.331. The van der Waals surface area contributed by atoms with Gasteiger partial charge in [0, 0.05) is 0 Å². The van der Waals surface area contributed by atoms with Crippen LogP contribution in [0.5, 0.6) is 0 Å². The molecule has 1 aliphatic heterocycles. The number of carboxylic acid groups (broad SMARTS) is 1. The Morgan fingerprint density at radius 2 is 2.10 bits per heavy atom. The number of aliphatic carboxylic acids is 1. The topological polar surface area (TPSA) is 145 Å². The fraction of sp³-hybridized carbons (Fsp3) is 0.917. The summed E-state index contributed by atoms with van der Waals surface area (Å²) < 4.78 is 5.36. The molecule has 0 amide bonds. The quantitative estimate of drug-likeness (QED) is 0.281. The molecule has 0 aromatic heterocycles. The fourth-order valence-electron chi connectivity index (χ4n) is 2.34. The molecule has 0 spiro atoms. The van der Waals surface area contributed by atoms with E-state index in [4.69, 9.17) is 15.6 Å². The van der Waals surface area contributed by atoms with Crippen LogP contribution < -0.4 is 11.1 Å². The summed E-state index contributed by atoms with van der Waals surface area (Å²) >= 11 is 0. The lowest BCUT2D eigenvalue weighted by Crippen LogP contribution is -2.58. The maximum Gasteiger partial charge on any atom is 0.320 e. The van der Waals surface area contributed by atoms with E-state index in [9.17, 15) is 20.1 Å². The number of unbranched alkanes of at least 4 members (excludes halogenated alkanes) is 1. The van der Waals surface area contributed by atoms with E-state index in [0.717, 1.165) is 0 Å². The highest BCUT2D eigenvalue weighted by Crippen LogP contribution is 2.29. The van der Waals surface area contributed by atoms with E-state index in [1.807, 2.05) is 0 Å². The lowest BCUT2D eigenvalue weighted by molar-refractivity contribution is -0.147. The molecule has 0 aromatic rings. The maximum atomic E-state index is 11.2. The number of hydrogen-bond acceptors (Lipinski definition) is 7. The molecule has 1 heterocycles. The normalized spacial score (nSPS) is 35.1. The smallest absolute Gasteiger partial charge is 0.320 e. The molecule has 0 aliphatic carbocycles. The highest BCUT2D eigenvalue weighted by atomic mass is 16.6. The van der Waals surface area contributed by atoms with Crippen molar-refractivity contribution >= 4 is 5.97 Å². The van der Waals surface area contributed by atoms with Gasteiger partial charge in [-0.2, -0.15) is 0 Å². The minimum atomic E-state index is -1.42. The maximum absolute atomic E-state index is 11.2. The summed E-state index contributed by atoms with van der Waals surface area (Å²) in [5, 5.41) is 40.6. The van der Waals surface area contributed by atoms with Crippen LogP contribution in [0.2, 0.25) is 0 Å². The molecule has 0 unspecified atom stereocenters. The molecule has 8 heteroatoms. The summed E-state index contributed by atoms with van der Waals surface area (Å²) in [6.45, 7) is 1.48. The fourth-order valence-corrected chi connectivity index (χ4v) is 2.34. The van der Waals surface area contributed by atoms with Gasteiger partial charge in [-0.15, -0.1) is 0 Å². The lowest BCUT2D eigenvalue weighted by atomic mass is 10.0. The van der Waals surface area contributed by atoms with Gasteiger partial charge in [0.1, 0.15) is 30.1 Å². The number of nitrogens with one attached hydrogen (secondary N) is 1. The van der Waals surface area contributed by atoms with Crippen molar-refractivity contribution in [1.82, 2.24) is 5.32 Å². The predicted molar refractivity (Wildman–Crippen MR) is 69.8 cm³/mol. The first-order valence-corrected chi connectivity index (χ1v) is 6.71. The van der Waals surface area contributed by atoms with E-state index in [0.29, 0.717) is 25.8 Å². The molecular formula is C12H24N2O6. The van der Waals surface area contributed by atoms with E-state index in [1.54, 1.807) is 0 Å². The van der Waals surface area contributed by atoms with Gasteiger partial charge in [-0.3, -0.25) is 10.1 Å². The number of carboxylic acids is 1. The number of aliphatic hydroxyl groups is 3. The van der Waals surface area contributed by atoms with E-state index in [-0.39, 0.29) is 0 Å². The minimum Gasteiger partial charge on any atom is -0.480 e. The number of nitrogens with two attached hydrogens (primary N) is 1. The Morgan fingerprint density at radius 1 is 1.45 bits per heavy atom. The van der Waals surface area contributed by atoms with E-state index in [1.165, 1.54) is 6.92 Å². The first-order valence-electron chi connectivity index (χ1n) is 6.71. The summed E-state index contributed by atoms with van der Waals surface area (Å²) in [7, 11) is 0. The van der Waals surface area contributed by atoms with Crippen molar-refractivity contribution in [3.8, 4) is 0 Å². The SMILES string of the molecule is C[C@]1(N[C@@H](CCCCN)C(=O)O)O[C@H](CO)[C@@H](O)[C@@H]1O. The van der Waals surface area contributed by atoms with Crippen molar-refractivity contribution in [2.45, 2.75) is 56.3 Å². The van der Waals surface area contributed by atoms with Crippen molar-refractivity contribution in [3.05, 3.63) is 0 Å². The zero-order valence-corrected chi connectivity index (χ0v) is 11.5. The molecule has 8 nitrogen and oxygen atoms in total. The van der Waals surface area contributed by atoms with Gasteiger partial charge in [-0.25, -0.2) is 0 Å². The van der Waals surface area contributed by atoms with Crippen molar-refractivity contribution in [1.29, 1.82) is 0 Å². The number of aliphatic hydroxyl groups excluding tert-OH is 3. The van der Waals surface area contributed by atoms with Crippen molar-refractivity contribution < 1.29 is 30.0 Å². The Balaban J connectivity index is 2.69. The van der Waals surface area contributed by atoms with Crippen LogP contribution in [0.4, 0.5) is 0 Å². The van der Waals surface area contributed by atoms with Gasteiger partial charge < -0.3 is 30.9 Å². The van der Waals surface area contributed by atoms with Crippen molar-refractivity contribution in [2.75, 3.05) is 13.2 Å². The number of hydrogen-bond donors (Lipinski definition) is 6. The Kier molecular flexibility index (Phi) is 6.31. The van der Waals surface area contributed by atoms with Gasteiger partial charge >= 0.3 is 5.97 Å². The van der Waals surface area contributed by atoms with Gasteiger partial charge in [0.25, 0.3) is 0 Å². The molecule has 1 rings (SSSR count). The summed E-state index contributed by atoms with van der Waals surface area (Å²) in [5.74, 6) is -1.07. The van der Waals surface area contributed by atoms with Gasteiger partial charge in [0.15, 0.2) is 0 Å². The Labute approximate surface area is 117 Å². The largest absolute Gasteiger partial charge is 0.480 e. The van der Waals surface area contributed by atoms with E-state index in [2.05, 4.69) is 5.32 Å². The third kappa shape index (κ3) is 3.87. The van der Waals surface area contributed by atoms with Crippen LogP contribution in [0.25, 0.3) is 0 Å². The molecule has 1 fully saturated rings. The highest BCUT2D eigenvalue weighted by molar-refractivity contribution is 5.73. The molecule has 0 radical (unpaired) electrons. The average molecular weight is 292 g/mol. The van der Waals surface area contributed by atoms with Crippen LogP contribution in [0.3, 0.4) is 0 Å². The molecule has 1 aliphatic rings. The van der Waals surface area contributed by atoms with Crippen LogP contribution in [-0.4, -0.2) is 69.6 Å². The Bertz CT molecular complexity index is 329. The second-order valence-electron chi connectivity index (χ2n) is 5.20. The average Bonchev–Trinajstić information content (AvgIpc) is 2.62. The first kappa shape index (κ1) is 17.3. The van der Waals surface area contributed by atoms with E-state index >= 15 is 0 Å². The second-order valence-corrected chi connectivity index (χ2v) is 5.20. The number of ether oxygens (including phenoxy) is 1. The van der Waals surface area contributed by atoms with Crippen LogP contribution in [0.1, 0.15) is 26.2 Å². The second kappa shape index (κ2) is 7.30. The monoisotopic (exact) mass is 292 g/mol. The Hall–Kier alpha value is -0.770. The summed E-state index contributed by atoms with van der Waals surface area (Å²) in [5.41, 5.74) is 3.95. The molecule has 0 bridgehead atoms. The van der Waals surface area contributed by atoms with Crippen LogP contribution in [0, 0.1) is 0 Å². The third-order valence-corrected chi connectivity index (χ3v) is 3.55. The van der Waals surface area contributed by atoms with Gasteiger partial charge in [-0.05, 0) is 26.3 Å². The molecule has 7 N–H and O–H groups in total. The molecule has 0 saturated carbocycles. The van der Waals surface area contributed by atoms with Crippen LogP contribution >= 0.6 is 0 Å². The molecule has 118 valence electrons. The summed E-state index contributed by atoms with van der Waals surface area (Å²) in [6.07, 6.45) is -1.88. The molecule has 1 saturated heterocycles. The molecule has 20 heavy (non-hydrogen) atoms. The van der Waals surface area contributed by atoms with Gasteiger partial charge in [-0.1, -0.05) is 6.42 Å². The zero-order chi connectivity index (χ0) is 15.3. The highest BCUT2D eigenvalue weighted by Gasteiger charge is 2.52. The number of rotatable bonds is 8. The van der Waals surface area contributed by atoms with Crippen LogP contribution in [0.15, 0.2) is 0 Å². The van der Waals surface area contributed by atoms with Gasteiger partial charge in [0.05, 0.1) is 6.61 Å². The van der Waals surface area contributed by atoms with Crippen molar-refractivity contribution in [2.24, 2.45) is 5.73 Å². The zero-order valence-electron chi connectivity index (χ0n) is 11.5. The van der Waals surface area contributed by atoms with Gasteiger partial charge in [0.2, 0.25) is 0 Å². The lowest BCUT2D eigenvalue weighted by Gasteiger charge is -2.32. The Morgan fingerprint density at radius 3 is 2.55 bits per heavy atom. The standard InChI is InChI=1S/C12H24N2O6/c1-12(10(17)9(16)8(6-15)20-12)14-7(11(18)19)4-2-3-5-13/h7-10,14-17H,2-6,13H2,1H3,(H,18,19)/t7-,8+,9+,10-,12-/m0/s1.